The number of rotatable bonds is 5. The zero-order chi connectivity index (χ0) is 17.8. The molecule has 6 heteroatoms. The molecule has 0 bridgehead atoms. The van der Waals surface area contributed by atoms with E-state index in [2.05, 4.69) is 23.3 Å². The molecular formula is C19H23N3O2S. The van der Waals surface area contributed by atoms with Crippen LogP contribution in [0.2, 0.25) is 0 Å². The van der Waals surface area contributed by atoms with Crippen molar-refractivity contribution in [1.29, 1.82) is 0 Å². The number of pyridine rings is 1. The summed E-state index contributed by atoms with van der Waals surface area (Å²) in [5.41, 5.74) is 1.73. The fraction of sp³-hybridized carbons (Fsp3) is 0.421. The normalized spacial score (nSPS) is 16.9. The third kappa shape index (κ3) is 4.45. The highest BCUT2D eigenvalue weighted by Crippen LogP contribution is 2.32. The van der Waals surface area contributed by atoms with Crippen LogP contribution in [0.15, 0.2) is 30.3 Å². The summed E-state index contributed by atoms with van der Waals surface area (Å²) in [4.78, 5) is 32.8. The molecule has 1 atom stereocenters. The minimum Gasteiger partial charge on any atom is -0.351 e. The number of nitrogens with one attached hydrogen (secondary N) is 1. The highest BCUT2D eigenvalue weighted by atomic mass is 32.1. The molecule has 0 aromatic carbocycles. The summed E-state index contributed by atoms with van der Waals surface area (Å²) in [7, 11) is 0. The summed E-state index contributed by atoms with van der Waals surface area (Å²) in [6.07, 6.45) is 2.39. The minimum atomic E-state index is -0.0730. The van der Waals surface area contributed by atoms with Crippen LogP contribution in [0.3, 0.4) is 0 Å². The molecule has 0 aliphatic carbocycles. The fourth-order valence-electron chi connectivity index (χ4n) is 3.20. The van der Waals surface area contributed by atoms with E-state index in [9.17, 15) is 9.59 Å². The van der Waals surface area contributed by atoms with Crippen LogP contribution in [0.4, 0.5) is 0 Å². The van der Waals surface area contributed by atoms with Crippen molar-refractivity contribution in [3.8, 4) is 0 Å². The summed E-state index contributed by atoms with van der Waals surface area (Å²) >= 11 is 1.68. The van der Waals surface area contributed by atoms with Crippen LogP contribution < -0.4 is 5.32 Å². The van der Waals surface area contributed by atoms with Gasteiger partial charge < -0.3 is 10.2 Å². The third-order valence-electron chi connectivity index (χ3n) is 4.38. The molecule has 1 aliphatic heterocycles. The maximum Gasteiger partial charge on any atom is 0.228 e. The highest BCUT2D eigenvalue weighted by molar-refractivity contribution is 7.12. The van der Waals surface area contributed by atoms with Crippen LogP contribution in [0.1, 0.15) is 46.9 Å². The summed E-state index contributed by atoms with van der Waals surface area (Å²) < 4.78 is 0. The van der Waals surface area contributed by atoms with E-state index in [4.69, 9.17) is 0 Å². The SMILES string of the molecule is CC(=O)NCc1cccc(C2CCCN2C(=O)Cc2ccc(C)s2)n1. The molecule has 2 aromatic heterocycles. The van der Waals surface area contributed by atoms with Crippen molar-refractivity contribution in [1.82, 2.24) is 15.2 Å². The Kier molecular flexibility index (Phi) is 5.48. The standard InChI is InChI=1S/C19H23N3O2S/c1-13-8-9-16(25-13)11-19(24)22-10-4-7-18(22)17-6-3-5-15(21-17)12-20-14(2)23/h3,5-6,8-9,18H,4,7,10-12H2,1-2H3,(H,20,23). The average molecular weight is 357 g/mol. The molecule has 1 unspecified atom stereocenters. The van der Waals surface area contributed by atoms with Crippen molar-refractivity contribution < 1.29 is 9.59 Å². The number of likely N-dealkylation sites (tertiary alicyclic amines) is 1. The quantitative estimate of drug-likeness (QED) is 0.895. The lowest BCUT2D eigenvalue weighted by Crippen LogP contribution is -2.32. The Hall–Kier alpha value is -2.21. The van der Waals surface area contributed by atoms with Crippen LogP contribution in [-0.2, 0) is 22.6 Å². The number of aryl methyl sites for hydroxylation is 1. The van der Waals surface area contributed by atoms with Gasteiger partial charge in [-0.25, -0.2) is 0 Å². The monoisotopic (exact) mass is 357 g/mol. The van der Waals surface area contributed by atoms with Crippen LogP contribution in [0.25, 0.3) is 0 Å². The van der Waals surface area contributed by atoms with E-state index in [-0.39, 0.29) is 17.9 Å². The molecule has 3 heterocycles. The van der Waals surface area contributed by atoms with E-state index >= 15 is 0 Å². The number of aromatic nitrogens is 1. The molecule has 132 valence electrons. The van der Waals surface area contributed by atoms with Gasteiger partial charge in [-0.2, -0.15) is 0 Å². The van der Waals surface area contributed by atoms with Gasteiger partial charge >= 0.3 is 0 Å². The smallest absolute Gasteiger partial charge is 0.228 e. The lowest BCUT2D eigenvalue weighted by atomic mass is 10.1. The van der Waals surface area contributed by atoms with Crippen LogP contribution in [0, 0.1) is 6.92 Å². The van der Waals surface area contributed by atoms with Gasteiger partial charge in [0, 0.05) is 23.2 Å². The van der Waals surface area contributed by atoms with E-state index in [0.717, 1.165) is 35.7 Å². The second-order valence-corrected chi connectivity index (χ2v) is 7.77. The molecule has 25 heavy (non-hydrogen) atoms. The zero-order valence-electron chi connectivity index (χ0n) is 14.6. The molecule has 3 rings (SSSR count). The van der Waals surface area contributed by atoms with E-state index in [1.54, 1.807) is 11.3 Å². The number of hydrogen-bond acceptors (Lipinski definition) is 4. The third-order valence-corrected chi connectivity index (χ3v) is 5.38. The Labute approximate surface area is 152 Å². The molecule has 2 aromatic rings. The molecule has 5 nitrogen and oxygen atoms in total. The average Bonchev–Trinajstić information content (AvgIpc) is 3.22. The Balaban J connectivity index is 1.71. The van der Waals surface area contributed by atoms with E-state index in [1.807, 2.05) is 29.2 Å². The topological polar surface area (TPSA) is 62.3 Å². The van der Waals surface area contributed by atoms with Gasteiger partial charge in [-0.05, 0) is 44.0 Å². The van der Waals surface area contributed by atoms with Crippen LogP contribution in [-0.4, -0.2) is 28.2 Å². The molecular weight excluding hydrogens is 334 g/mol. The van der Waals surface area contributed by atoms with Gasteiger partial charge in [0.25, 0.3) is 0 Å². The first-order valence-corrected chi connectivity index (χ1v) is 9.39. The Bertz CT molecular complexity index is 772. The minimum absolute atomic E-state index is 0.0332. The van der Waals surface area contributed by atoms with Crippen molar-refractivity contribution in [3.05, 3.63) is 51.5 Å². The highest BCUT2D eigenvalue weighted by Gasteiger charge is 2.31. The summed E-state index contributed by atoms with van der Waals surface area (Å²) in [5.74, 6) is 0.0922. The number of carbonyl (C=O) groups excluding carboxylic acids is 2. The molecule has 0 saturated carbocycles. The molecule has 1 N–H and O–H groups in total. The van der Waals surface area contributed by atoms with Crippen LogP contribution in [0.5, 0.6) is 0 Å². The summed E-state index contributed by atoms with van der Waals surface area (Å²) in [5, 5.41) is 2.77. The summed E-state index contributed by atoms with van der Waals surface area (Å²) in [6.45, 7) is 4.75. The fourth-order valence-corrected chi connectivity index (χ4v) is 4.08. The summed E-state index contributed by atoms with van der Waals surface area (Å²) in [6, 6.07) is 9.95. The molecule has 0 radical (unpaired) electrons. The van der Waals surface area contributed by atoms with Gasteiger partial charge in [0.15, 0.2) is 0 Å². The van der Waals surface area contributed by atoms with Gasteiger partial charge in [-0.15, -0.1) is 11.3 Å². The number of nitrogens with zero attached hydrogens (tertiary/aromatic N) is 2. The van der Waals surface area contributed by atoms with Crippen molar-refractivity contribution in [2.45, 2.75) is 45.7 Å². The van der Waals surface area contributed by atoms with Gasteiger partial charge in [-0.1, -0.05) is 6.07 Å². The first-order valence-electron chi connectivity index (χ1n) is 8.58. The predicted octanol–water partition coefficient (Wildman–Crippen LogP) is 2.99. The van der Waals surface area contributed by atoms with Gasteiger partial charge in [-0.3, -0.25) is 14.6 Å². The second-order valence-electron chi connectivity index (χ2n) is 6.40. The predicted molar refractivity (Wildman–Crippen MR) is 98.2 cm³/mol. The van der Waals surface area contributed by atoms with Crippen molar-refractivity contribution in [2.75, 3.05) is 6.54 Å². The number of thiophene rings is 1. The van der Waals surface area contributed by atoms with E-state index in [0.29, 0.717) is 13.0 Å². The lowest BCUT2D eigenvalue weighted by molar-refractivity contribution is -0.131. The molecule has 1 saturated heterocycles. The van der Waals surface area contributed by atoms with Crippen molar-refractivity contribution in [2.24, 2.45) is 0 Å². The van der Waals surface area contributed by atoms with Crippen molar-refractivity contribution >= 4 is 23.2 Å². The van der Waals surface area contributed by atoms with Gasteiger partial charge in [0.1, 0.15) is 0 Å². The molecule has 2 amide bonds. The first-order chi connectivity index (χ1) is 12.0. The maximum atomic E-state index is 12.8. The largest absolute Gasteiger partial charge is 0.351 e. The Morgan fingerprint density at radius 1 is 1.32 bits per heavy atom. The number of carbonyl (C=O) groups is 2. The lowest BCUT2D eigenvalue weighted by Gasteiger charge is -2.24. The van der Waals surface area contributed by atoms with E-state index in [1.165, 1.54) is 11.8 Å². The molecule has 1 aliphatic rings. The first kappa shape index (κ1) is 17.6. The molecule has 1 fully saturated rings. The zero-order valence-corrected chi connectivity index (χ0v) is 15.4. The molecule has 0 spiro atoms. The van der Waals surface area contributed by atoms with E-state index < -0.39 is 0 Å². The number of hydrogen-bond donors (Lipinski definition) is 1. The van der Waals surface area contributed by atoms with Crippen molar-refractivity contribution in [3.63, 3.8) is 0 Å². The van der Waals surface area contributed by atoms with Gasteiger partial charge in [0.05, 0.1) is 30.4 Å². The van der Waals surface area contributed by atoms with Gasteiger partial charge in [0.2, 0.25) is 11.8 Å². The Morgan fingerprint density at radius 3 is 2.88 bits per heavy atom. The number of amides is 2. The Morgan fingerprint density at radius 2 is 2.16 bits per heavy atom. The maximum absolute atomic E-state index is 12.8. The van der Waals surface area contributed by atoms with Crippen LogP contribution >= 0.6 is 11.3 Å². The second kappa shape index (κ2) is 7.78.